The van der Waals surface area contributed by atoms with Gasteiger partial charge in [0.2, 0.25) is 10.0 Å². The van der Waals surface area contributed by atoms with Gasteiger partial charge in [-0.1, -0.05) is 37.6 Å². The molecule has 31 heavy (non-hydrogen) atoms. The Kier molecular flexibility index (Phi) is 7.26. The van der Waals surface area contributed by atoms with Gasteiger partial charge in [-0.2, -0.15) is 4.31 Å². The Bertz CT molecular complexity index is 1180. The van der Waals surface area contributed by atoms with Crippen molar-refractivity contribution in [3.8, 4) is 16.3 Å². The third kappa shape index (κ3) is 5.21. The maximum Gasteiger partial charge on any atom is 0.312 e. The topological polar surface area (TPSA) is 103 Å². The van der Waals surface area contributed by atoms with Crippen LogP contribution in [0.3, 0.4) is 0 Å². The summed E-state index contributed by atoms with van der Waals surface area (Å²) in [5.74, 6) is -0.0236. The van der Waals surface area contributed by atoms with E-state index >= 15 is 0 Å². The number of hydrogen-bond acceptors (Lipinski definition) is 7. The summed E-state index contributed by atoms with van der Waals surface area (Å²) in [6.07, 6.45) is 0. The minimum absolute atomic E-state index is 0.00702. The van der Waals surface area contributed by atoms with E-state index in [1.807, 2.05) is 12.1 Å². The van der Waals surface area contributed by atoms with Crippen molar-refractivity contribution < 1.29 is 18.1 Å². The monoisotopic (exact) mass is 481 g/mol. The Morgan fingerprint density at radius 2 is 1.84 bits per heavy atom. The van der Waals surface area contributed by atoms with Crippen molar-refractivity contribution in [2.45, 2.75) is 25.3 Å². The summed E-state index contributed by atoms with van der Waals surface area (Å²) in [5, 5.41) is 14.7. The lowest BCUT2D eigenvalue weighted by molar-refractivity contribution is -0.386. The van der Waals surface area contributed by atoms with Crippen LogP contribution in [0.4, 0.5) is 5.69 Å². The Morgan fingerprint density at radius 1 is 1.16 bits per heavy atom. The molecule has 0 saturated heterocycles. The quantitative estimate of drug-likeness (QED) is 0.315. The number of aromatic nitrogens is 1. The fourth-order valence-electron chi connectivity index (χ4n) is 2.88. The molecule has 0 aliphatic heterocycles. The molecule has 0 unspecified atom stereocenters. The second-order valence-corrected chi connectivity index (χ2v) is 9.65. The molecule has 0 aliphatic rings. The van der Waals surface area contributed by atoms with E-state index in [2.05, 4.69) is 4.98 Å². The average Bonchev–Trinajstić information content (AvgIpc) is 3.22. The molecule has 0 bridgehead atoms. The molecule has 0 radical (unpaired) electrons. The zero-order valence-electron chi connectivity index (χ0n) is 16.8. The third-order valence-electron chi connectivity index (χ3n) is 4.49. The van der Waals surface area contributed by atoms with Crippen LogP contribution in [0.1, 0.15) is 19.5 Å². The highest BCUT2D eigenvalue weighted by Crippen LogP contribution is 2.32. The summed E-state index contributed by atoms with van der Waals surface area (Å²) in [6.45, 7) is 3.96. The van der Waals surface area contributed by atoms with Crippen molar-refractivity contribution in [2.75, 3.05) is 13.1 Å². The average molecular weight is 482 g/mol. The number of nitro benzene ring substituents is 1. The molecule has 8 nitrogen and oxygen atoms in total. The van der Waals surface area contributed by atoms with Crippen molar-refractivity contribution in [1.82, 2.24) is 9.29 Å². The standard InChI is InChI=1S/C20H20ClN3O5S2/c1-3-23(4-2)31(27,28)17-9-10-19(18(11-17)24(25)26)29-12-16-13-30-20(22-16)14-5-7-15(21)8-6-14/h5-11,13H,3-4,12H2,1-2H3. The van der Waals surface area contributed by atoms with E-state index in [0.717, 1.165) is 16.6 Å². The molecular formula is C20H20ClN3O5S2. The van der Waals surface area contributed by atoms with Crippen LogP contribution in [0.5, 0.6) is 5.75 Å². The molecule has 1 aromatic heterocycles. The Balaban J connectivity index is 1.81. The first kappa shape index (κ1) is 23.1. The Hall–Kier alpha value is -2.53. The fourth-order valence-corrected chi connectivity index (χ4v) is 5.30. The molecule has 3 rings (SSSR count). The molecule has 3 aromatic rings. The van der Waals surface area contributed by atoms with Gasteiger partial charge < -0.3 is 4.74 Å². The summed E-state index contributed by atoms with van der Waals surface area (Å²) in [4.78, 5) is 15.2. The smallest absolute Gasteiger partial charge is 0.312 e. The van der Waals surface area contributed by atoms with Gasteiger partial charge >= 0.3 is 5.69 Å². The Labute approximate surface area is 189 Å². The first-order valence-corrected chi connectivity index (χ1v) is 12.1. The summed E-state index contributed by atoms with van der Waals surface area (Å²) in [7, 11) is -3.82. The van der Waals surface area contributed by atoms with E-state index < -0.39 is 20.6 Å². The highest BCUT2D eigenvalue weighted by Gasteiger charge is 2.26. The number of rotatable bonds is 9. The first-order valence-electron chi connectivity index (χ1n) is 9.38. The molecule has 0 atom stereocenters. The molecule has 0 saturated carbocycles. The Morgan fingerprint density at radius 3 is 2.45 bits per heavy atom. The predicted octanol–water partition coefficient (Wildman–Crippen LogP) is 4.98. The van der Waals surface area contributed by atoms with Crippen LogP contribution in [-0.4, -0.2) is 35.7 Å². The van der Waals surface area contributed by atoms with E-state index in [0.29, 0.717) is 10.7 Å². The normalized spacial score (nSPS) is 11.6. The maximum absolute atomic E-state index is 12.7. The van der Waals surface area contributed by atoms with E-state index in [9.17, 15) is 18.5 Å². The third-order valence-corrected chi connectivity index (χ3v) is 7.73. The number of hydrogen-bond donors (Lipinski definition) is 0. The van der Waals surface area contributed by atoms with Gasteiger partial charge in [0.1, 0.15) is 11.6 Å². The highest BCUT2D eigenvalue weighted by atomic mass is 35.5. The summed E-state index contributed by atoms with van der Waals surface area (Å²) in [5.41, 5.74) is 1.09. The van der Waals surface area contributed by atoms with Crippen molar-refractivity contribution in [2.24, 2.45) is 0 Å². The number of ether oxygens (including phenoxy) is 1. The second kappa shape index (κ2) is 9.73. The van der Waals surface area contributed by atoms with Gasteiger partial charge in [0.05, 0.1) is 15.5 Å². The maximum atomic E-state index is 12.7. The van der Waals surface area contributed by atoms with Gasteiger partial charge in [0.25, 0.3) is 0 Å². The predicted molar refractivity (Wildman–Crippen MR) is 120 cm³/mol. The van der Waals surface area contributed by atoms with Crippen LogP contribution in [0.15, 0.2) is 52.7 Å². The lowest BCUT2D eigenvalue weighted by atomic mass is 10.2. The van der Waals surface area contributed by atoms with Crippen LogP contribution in [-0.2, 0) is 16.6 Å². The lowest BCUT2D eigenvalue weighted by Gasteiger charge is -2.18. The van der Waals surface area contributed by atoms with Crippen LogP contribution < -0.4 is 4.74 Å². The van der Waals surface area contributed by atoms with Gasteiger partial charge in [0.15, 0.2) is 5.75 Å². The van der Waals surface area contributed by atoms with Crippen LogP contribution in [0.2, 0.25) is 5.02 Å². The zero-order valence-corrected chi connectivity index (χ0v) is 19.2. The number of sulfonamides is 1. The molecule has 0 aliphatic carbocycles. The molecule has 0 spiro atoms. The molecule has 0 N–H and O–H groups in total. The number of halogens is 1. The molecule has 0 amide bonds. The summed E-state index contributed by atoms with van der Waals surface area (Å²) in [6, 6.07) is 10.9. The number of nitrogens with zero attached hydrogens (tertiary/aromatic N) is 3. The SMILES string of the molecule is CCN(CC)S(=O)(=O)c1ccc(OCc2csc(-c3ccc(Cl)cc3)n2)c([N+](=O)[O-])c1. The van der Waals surface area contributed by atoms with Gasteiger partial charge in [-0.25, -0.2) is 13.4 Å². The van der Waals surface area contributed by atoms with Crippen molar-refractivity contribution in [3.63, 3.8) is 0 Å². The largest absolute Gasteiger partial charge is 0.480 e. The van der Waals surface area contributed by atoms with Crippen LogP contribution >= 0.6 is 22.9 Å². The zero-order chi connectivity index (χ0) is 22.6. The highest BCUT2D eigenvalue weighted by molar-refractivity contribution is 7.89. The first-order chi connectivity index (χ1) is 14.8. The van der Waals surface area contributed by atoms with E-state index in [1.165, 1.54) is 27.8 Å². The molecule has 1 heterocycles. The molecular weight excluding hydrogens is 462 g/mol. The minimum atomic E-state index is -3.82. The van der Waals surface area contributed by atoms with Gasteiger partial charge in [-0.05, 0) is 24.3 Å². The van der Waals surface area contributed by atoms with Gasteiger partial charge in [-0.15, -0.1) is 11.3 Å². The number of nitro groups is 1. The second-order valence-electron chi connectivity index (χ2n) is 6.42. The van der Waals surface area contributed by atoms with E-state index in [-0.39, 0.29) is 30.3 Å². The molecule has 0 fully saturated rings. The summed E-state index contributed by atoms with van der Waals surface area (Å²) >= 11 is 7.32. The van der Waals surface area contributed by atoms with Gasteiger partial charge in [-0.3, -0.25) is 10.1 Å². The van der Waals surface area contributed by atoms with E-state index in [1.54, 1.807) is 31.4 Å². The van der Waals surface area contributed by atoms with Crippen molar-refractivity contribution in [3.05, 3.63) is 68.7 Å². The van der Waals surface area contributed by atoms with Crippen molar-refractivity contribution >= 4 is 38.6 Å². The van der Waals surface area contributed by atoms with Gasteiger partial charge in [0, 0.05) is 35.1 Å². The van der Waals surface area contributed by atoms with Crippen LogP contribution in [0, 0.1) is 10.1 Å². The summed E-state index contributed by atoms with van der Waals surface area (Å²) < 4.78 is 32.2. The van der Waals surface area contributed by atoms with E-state index in [4.69, 9.17) is 16.3 Å². The lowest BCUT2D eigenvalue weighted by Crippen LogP contribution is -2.30. The number of thiazole rings is 1. The molecule has 2 aromatic carbocycles. The van der Waals surface area contributed by atoms with Crippen molar-refractivity contribution in [1.29, 1.82) is 0 Å². The minimum Gasteiger partial charge on any atom is -0.480 e. The number of benzene rings is 2. The molecule has 164 valence electrons. The van der Waals surface area contributed by atoms with Crippen LogP contribution in [0.25, 0.3) is 10.6 Å². The fraction of sp³-hybridized carbons (Fsp3) is 0.250. The molecule has 11 heteroatoms.